The molecular formula is C42H32BNO2. The van der Waals surface area contributed by atoms with E-state index in [1.807, 2.05) is 24.3 Å². The predicted molar refractivity (Wildman–Crippen MR) is 193 cm³/mol. The predicted octanol–water partition coefficient (Wildman–Crippen LogP) is 9.50. The molecule has 0 radical (unpaired) electrons. The Balaban J connectivity index is 1.22. The minimum Gasteiger partial charge on any atom is -0.423 e. The first-order valence-corrected chi connectivity index (χ1v) is 15.4. The molecule has 0 aromatic heterocycles. The van der Waals surface area contributed by atoms with Crippen LogP contribution in [0.5, 0.6) is 0 Å². The van der Waals surface area contributed by atoms with Gasteiger partial charge in [-0.2, -0.15) is 0 Å². The molecule has 0 aliphatic rings. The van der Waals surface area contributed by atoms with Crippen LogP contribution >= 0.6 is 0 Å². The Morgan fingerprint density at radius 3 is 1.09 bits per heavy atom. The van der Waals surface area contributed by atoms with Crippen molar-refractivity contribution >= 4 is 29.6 Å². The second kappa shape index (κ2) is 13.1. The average Bonchev–Trinajstić information content (AvgIpc) is 3.13. The van der Waals surface area contributed by atoms with Gasteiger partial charge in [-0.3, -0.25) is 0 Å². The second-order valence-corrected chi connectivity index (χ2v) is 11.3. The lowest BCUT2D eigenvalue weighted by atomic mass is 9.80. The number of benzene rings is 7. The van der Waals surface area contributed by atoms with Gasteiger partial charge in [-0.15, -0.1) is 0 Å². The van der Waals surface area contributed by atoms with E-state index < -0.39 is 7.12 Å². The van der Waals surface area contributed by atoms with Crippen molar-refractivity contribution in [2.45, 2.75) is 0 Å². The Labute approximate surface area is 270 Å². The molecule has 0 bridgehead atoms. The van der Waals surface area contributed by atoms with E-state index in [2.05, 4.69) is 150 Å². The molecule has 7 aromatic rings. The zero-order valence-electron chi connectivity index (χ0n) is 25.2. The lowest BCUT2D eigenvalue weighted by molar-refractivity contribution is 0.426. The molecule has 0 spiro atoms. The van der Waals surface area contributed by atoms with E-state index >= 15 is 0 Å². The molecule has 0 amide bonds. The second-order valence-electron chi connectivity index (χ2n) is 11.3. The van der Waals surface area contributed by atoms with Crippen LogP contribution in [0.4, 0.5) is 17.1 Å². The lowest BCUT2D eigenvalue weighted by Gasteiger charge is -2.26. The van der Waals surface area contributed by atoms with E-state index in [-0.39, 0.29) is 0 Å². The van der Waals surface area contributed by atoms with E-state index in [0.717, 1.165) is 39.3 Å². The Kier molecular flexibility index (Phi) is 8.29. The molecule has 4 heteroatoms. The van der Waals surface area contributed by atoms with Crippen LogP contribution in [-0.4, -0.2) is 17.2 Å². The van der Waals surface area contributed by atoms with Crippen molar-refractivity contribution in [1.82, 2.24) is 0 Å². The van der Waals surface area contributed by atoms with Gasteiger partial charge in [-0.1, -0.05) is 146 Å². The van der Waals surface area contributed by atoms with Crippen LogP contribution in [0.1, 0.15) is 0 Å². The molecule has 0 saturated heterocycles. The van der Waals surface area contributed by atoms with Gasteiger partial charge in [0.2, 0.25) is 0 Å². The summed E-state index contributed by atoms with van der Waals surface area (Å²) < 4.78 is 0. The summed E-state index contributed by atoms with van der Waals surface area (Å²) >= 11 is 0. The highest BCUT2D eigenvalue weighted by Gasteiger charge is 2.16. The van der Waals surface area contributed by atoms with Crippen molar-refractivity contribution in [1.29, 1.82) is 0 Å². The highest BCUT2D eigenvalue weighted by atomic mass is 16.4. The monoisotopic (exact) mass is 593 g/mol. The summed E-state index contributed by atoms with van der Waals surface area (Å²) in [6.07, 6.45) is 0. The van der Waals surface area contributed by atoms with Crippen molar-refractivity contribution in [2.24, 2.45) is 0 Å². The van der Waals surface area contributed by atoms with Crippen molar-refractivity contribution in [3.8, 4) is 44.5 Å². The highest BCUT2D eigenvalue weighted by Crippen LogP contribution is 2.37. The van der Waals surface area contributed by atoms with Gasteiger partial charge in [0.1, 0.15) is 0 Å². The number of hydrogen-bond donors (Lipinski definition) is 2. The van der Waals surface area contributed by atoms with Crippen molar-refractivity contribution in [3.63, 3.8) is 0 Å². The Morgan fingerprint density at radius 2 is 0.652 bits per heavy atom. The van der Waals surface area contributed by atoms with Crippen LogP contribution in [0.2, 0.25) is 0 Å². The summed E-state index contributed by atoms with van der Waals surface area (Å²) in [6, 6.07) is 62.6. The first-order valence-electron chi connectivity index (χ1n) is 15.4. The minimum absolute atomic E-state index is 0.449. The molecule has 0 aliphatic heterocycles. The van der Waals surface area contributed by atoms with Gasteiger partial charge >= 0.3 is 7.12 Å². The molecule has 0 heterocycles. The molecule has 3 nitrogen and oxygen atoms in total. The van der Waals surface area contributed by atoms with E-state index in [4.69, 9.17) is 0 Å². The third-order valence-corrected chi connectivity index (χ3v) is 8.33. The van der Waals surface area contributed by atoms with Gasteiger partial charge < -0.3 is 14.9 Å². The summed E-state index contributed by atoms with van der Waals surface area (Å²) in [7, 11) is -1.52. The summed E-state index contributed by atoms with van der Waals surface area (Å²) in [6.45, 7) is 0. The molecule has 2 N–H and O–H groups in total. The van der Waals surface area contributed by atoms with E-state index in [1.54, 1.807) is 12.1 Å². The van der Waals surface area contributed by atoms with Crippen molar-refractivity contribution < 1.29 is 10.0 Å². The SMILES string of the molecule is OB(O)c1ccc(N(c2ccc(-c3ccc(-c4ccccc4)cc3)cc2)c2cccc(-c3ccc(-c4ccccc4)cc3)c2)cc1. The Bertz CT molecular complexity index is 2020. The molecule has 0 unspecified atom stereocenters. The maximum atomic E-state index is 9.70. The van der Waals surface area contributed by atoms with Crippen LogP contribution in [-0.2, 0) is 0 Å². The highest BCUT2D eigenvalue weighted by molar-refractivity contribution is 6.58. The first kappa shape index (κ1) is 29.1. The zero-order valence-corrected chi connectivity index (χ0v) is 25.2. The van der Waals surface area contributed by atoms with Crippen molar-refractivity contribution in [3.05, 3.63) is 182 Å². The lowest BCUT2D eigenvalue weighted by Crippen LogP contribution is -2.29. The number of nitrogens with zero attached hydrogens (tertiary/aromatic N) is 1. The number of hydrogen-bond acceptors (Lipinski definition) is 3. The van der Waals surface area contributed by atoms with Crippen LogP contribution in [0.15, 0.2) is 182 Å². The van der Waals surface area contributed by atoms with E-state index in [9.17, 15) is 10.0 Å². The molecule has 0 fully saturated rings. The fraction of sp³-hybridized carbons (Fsp3) is 0. The van der Waals surface area contributed by atoms with Gasteiger partial charge in [-0.25, -0.2) is 0 Å². The maximum absolute atomic E-state index is 9.70. The van der Waals surface area contributed by atoms with E-state index in [1.165, 1.54) is 22.3 Å². The maximum Gasteiger partial charge on any atom is 0.488 e. The molecule has 0 aliphatic carbocycles. The molecule has 0 atom stereocenters. The third-order valence-electron chi connectivity index (χ3n) is 8.33. The topological polar surface area (TPSA) is 43.7 Å². The van der Waals surface area contributed by atoms with Gasteiger partial charge in [0.05, 0.1) is 0 Å². The molecular weight excluding hydrogens is 561 g/mol. The van der Waals surface area contributed by atoms with Crippen LogP contribution in [0.3, 0.4) is 0 Å². The fourth-order valence-electron chi connectivity index (χ4n) is 5.84. The average molecular weight is 594 g/mol. The standard InChI is InChI=1S/C42H32BNO2/c45-43(46)39-24-28-41(29-25-39)44(40-26-22-36(23-27-40)35-16-14-33(15-17-35)31-8-3-1-4-9-31)42-13-7-12-38(30-42)37-20-18-34(19-21-37)32-10-5-2-6-11-32/h1-30,45-46H. The smallest absolute Gasteiger partial charge is 0.423 e. The summed E-state index contributed by atoms with van der Waals surface area (Å²) in [5.74, 6) is 0. The number of rotatable bonds is 8. The minimum atomic E-state index is -1.52. The Morgan fingerprint density at radius 1 is 0.304 bits per heavy atom. The van der Waals surface area contributed by atoms with Gasteiger partial charge in [-0.05, 0) is 86.4 Å². The van der Waals surface area contributed by atoms with Crippen LogP contribution < -0.4 is 10.4 Å². The zero-order chi connectivity index (χ0) is 31.3. The largest absolute Gasteiger partial charge is 0.488 e. The molecule has 220 valence electrons. The first-order chi connectivity index (χ1) is 22.6. The summed E-state index contributed by atoms with van der Waals surface area (Å²) in [4.78, 5) is 2.19. The quantitative estimate of drug-likeness (QED) is 0.173. The third kappa shape index (κ3) is 6.26. The van der Waals surface area contributed by atoms with Crippen LogP contribution in [0.25, 0.3) is 44.5 Å². The molecule has 46 heavy (non-hydrogen) atoms. The normalized spacial score (nSPS) is 10.8. The molecule has 0 saturated carbocycles. The number of anilines is 3. The molecule has 7 aromatic carbocycles. The fourth-order valence-corrected chi connectivity index (χ4v) is 5.84. The van der Waals surface area contributed by atoms with Crippen LogP contribution in [0, 0.1) is 0 Å². The van der Waals surface area contributed by atoms with Gasteiger partial charge in [0.15, 0.2) is 0 Å². The van der Waals surface area contributed by atoms with Gasteiger partial charge in [0.25, 0.3) is 0 Å². The molecule has 7 rings (SSSR count). The summed E-state index contributed by atoms with van der Waals surface area (Å²) in [5, 5.41) is 19.4. The summed E-state index contributed by atoms with van der Waals surface area (Å²) in [5.41, 5.74) is 12.7. The van der Waals surface area contributed by atoms with Gasteiger partial charge in [0, 0.05) is 17.1 Å². The Hall–Kier alpha value is -5.68. The van der Waals surface area contributed by atoms with Crippen molar-refractivity contribution in [2.75, 3.05) is 4.90 Å². The van der Waals surface area contributed by atoms with E-state index in [0.29, 0.717) is 5.46 Å².